The number of hydrogen-bond acceptors (Lipinski definition) is 10. The average Bonchev–Trinajstić information content (AvgIpc) is 3.65. The Labute approximate surface area is 236 Å². The van der Waals surface area contributed by atoms with Crippen LogP contribution in [0.25, 0.3) is 22.4 Å². The summed E-state index contributed by atoms with van der Waals surface area (Å²) in [5.41, 5.74) is 2.53. The number of aromatic nitrogens is 4. The van der Waals surface area contributed by atoms with Gasteiger partial charge in [0, 0.05) is 50.0 Å². The lowest BCUT2D eigenvalue weighted by atomic mass is 10.1. The van der Waals surface area contributed by atoms with Crippen molar-refractivity contribution in [2.45, 2.75) is 51.9 Å². The molecule has 1 amide bonds. The fourth-order valence-electron chi connectivity index (χ4n) is 5.58. The number of ether oxygens (including phenoxy) is 3. The molecule has 1 aromatic carbocycles. The Morgan fingerprint density at radius 1 is 1.20 bits per heavy atom. The van der Waals surface area contributed by atoms with Crippen molar-refractivity contribution >= 4 is 28.9 Å². The Hall–Kier alpha value is -4.26. The van der Waals surface area contributed by atoms with E-state index in [4.69, 9.17) is 24.2 Å². The standard InChI is InChI=1S/C28H33N7O6/c1-28(2,3)41-27(36)33-14-18-12-32(13-19(18)15-33)26-30-23(17-8-9-21(39-4)20(11-17)35(37)38)24-25(31-26)34(16-29-24)22-7-5-6-10-40-22/h8-9,11-12,16,19,22H,5-7,10,13-15H2,1-4H3. The van der Waals surface area contributed by atoms with Crippen LogP contribution in [0.4, 0.5) is 16.4 Å². The van der Waals surface area contributed by atoms with Crippen molar-refractivity contribution in [3.8, 4) is 17.0 Å². The van der Waals surface area contributed by atoms with Gasteiger partial charge in [-0.1, -0.05) is 0 Å². The van der Waals surface area contributed by atoms with Gasteiger partial charge in [-0.3, -0.25) is 14.7 Å². The highest BCUT2D eigenvalue weighted by Crippen LogP contribution is 2.38. The Balaban J connectivity index is 1.39. The summed E-state index contributed by atoms with van der Waals surface area (Å²) in [5.74, 6) is 0.741. The number of methoxy groups -OCH3 is 1. The Kier molecular flexibility index (Phi) is 6.76. The molecule has 216 valence electrons. The minimum absolute atomic E-state index is 0.124. The minimum Gasteiger partial charge on any atom is -0.490 e. The zero-order valence-corrected chi connectivity index (χ0v) is 23.6. The van der Waals surface area contributed by atoms with Gasteiger partial charge in [0.2, 0.25) is 5.95 Å². The van der Waals surface area contributed by atoms with E-state index in [1.807, 2.05) is 36.4 Å². The van der Waals surface area contributed by atoms with E-state index in [1.165, 1.54) is 13.2 Å². The molecule has 13 nitrogen and oxygen atoms in total. The Morgan fingerprint density at radius 2 is 2.02 bits per heavy atom. The van der Waals surface area contributed by atoms with Gasteiger partial charge in [0.15, 0.2) is 11.4 Å². The molecular formula is C28H33N7O6. The highest BCUT2D eigenvalue weighted by Gasteiger charge is 2.38. The van der Waals surface area contributed by atoms with E-state index < -0.39 is 10.5 Å². The highest BCUT2D eigenvalue weighted by molar-refractivity contribution is 5.89. The van der Waals surface area contributed by atoms with E-state index in [0.717, 1.165) is 24.8 Å². The van der Waals surface area contributed by atoms with Crippen LogP contribution in [0.15, 0.2) is 36.3 Å². The molecule has 0 N–H and O–H groups in total. The van der Waals surface area contributed by atoms with Crippen LogP contribution in [0.2, 0.25) is 0 Å². The first kappa shape index (κ1) is 26.9. The predicted octanol–water partition coefficient (Wildman–Crippen LogP) is 4.68. The molecule has 41 heavy (non-hydrogen) atoms. The quantitative estimate of drug-likeness (QED) is 0.318. The highest BCUT2D eigenvalue weighted by atomic mass is 16.6. The molecule has 0 radical (unpaired) electrons. The van der Waals surface area contributed by atoms with Crippen molar-refractivity contribution < 1.29 is 23.9 Å². The predicted molar refractivity (Wildman–Crippen MR) is 150 cm³/mol. The number of nitrogens with zero attached hydrogens (tertiary/aromatic N) is 7. The van der Waals surface area contributed by atoms with Gasteiger partial charge in [-0.15, -0.1) is 0 Å². The van der Waals surface area contributed by atoms with Crippen LogP contribution in [0.5, 0.6) is 5.75 Å². The van der Waals surface area contributed by atoms with Crippen LogP contribution >= 0.6 is 0 Å². The summed E-state index contributed by atoms with van der Waals surface area (Å²) >= 11 is 0. The number of carbonyl (C=O) groups is 1. The van der Waals surface area contributed by atoms with E-state index in [9.17, 15) is 14.9 Å². The molecule has 0 spiro atoms. The molecular weight excluding hydrogens is 530 g/mol. The van der Waals surface area contributed by atoms with Gasteiger partial charge in [-0.2, -0.15) is 4.98 Å². The maximum absolute atomic E-state index is 12.6. The fraction of sp³-hybridized carbons (Fsp3) is 0.500. The number of nitro groups is 1. The largest absolute Gasteiger partial charge is 0.490 e. The summed E-state index contributed by atoms with van der Waals surface area (Å²) in [6.07, 6.45) is 6.06. The van der Waals surface area contributed by atoms with E-state index >= 15 is 0 Å². The zero-order valence-electron chi connectivity index (χ0n) is 23.6. The first-order chi connectivity index (χ1) is 19.6. The summed E-state index contributed by atoms with van der Waals surface area (Å²) in [6, 6.07) is 4.76. The number of likely N-dealkylation sites (tertiary alicyclic amines) is 1. The second-order valence-electron chi connectivity index (χ2n) is 11.6. The summed E-state index contributed by atoms with van der Waals surface area (Å²) in [4.78, 5) is 42.1. The van der Waals surface area contributed by atoms with Crippen molar-refractivity contribution in [2.75, 3.05) is 38.3 Å². The fourth-order valence-corrected chi connectivity index (χ4v) is 5.58. The van der Waals surface area contributed by atoms with Crippen LogP contribution in [-0.4, -0.2) is 74.4 Å². The zero-order chi connectivity index (χ0) is 28.9. The molecule has 2 atom stereocenters. The number of fused-ring (bicyclic) bond motifs is 2. The van der Waals surface area contributed by atoms with E-state index in [0.29, 0.717) is 54.6 Å². The van der Waals surface area contributed by atoms with Crippen molar-refractivity contribution in [1.29, 1.82) is 0 Å². The molecule has 3 aliphatic heterocycles. The molecule has 2 unspecified atom stereocenters. The maximum atomic E-state index is 12.6. The van der Waals surface area contributed by atoms with Crippen molar-refractivity contribution in [3.05, 3.63) is 46.4 Å². The third-order valence-corrected chi connectivity index (χ3v) is 7.51. The monoisotopic (exact) mass is 563 g/mol. The summed E-state index contributed by atoms with van der Waals surface area (Å²) in [6.45, 7) is 7.84. The molecule has 3 aromatic rings. The number of nitro benzene ring substituents is 1. The van der Waals surface area contributed by atoms with Gasteiger partial charge in [0.25, 0.3) is 0 Å². The number of imidazole rings is 1. The van der Waals surface area contributed by atoms with Crippen LogP contribution in [0.1, 0.15) is 46.3 Å². The van der Waals surface area contributed by atoms with Crippen molar-refractivity contribution in [2.24, 2.45) is 5.92 Å². The molecule has 3 aliphatic rings. The molecule has 2 fully saturated rings. The number of rotatable bonds is 5. The van der Waals surface area contributed by atoms with E-state index in [2.05, 4.69) is 4.98 Å². The number of benzene rings is 1. The Morgan fingerprint density at radius 3 is 2.71 bits per heavy atom. The number of carbonyl (C=O) groups excluding carboxylic acids is 1. The third kappa shape index (κ3) is 5.17. The minimum atomic E-state index is -0.559. The second-order valence-corrected chi connectivity index (χ2v) is 11.6. The molecule has 0 saturated carbocycles. The lowest BCUT2D eigenvalue weighted by Crippen LogP contribution is -2.36. The molecule has 5 heterocycles. The smallest absolute Gasteiger partial charge is 0.410 e. The molecule has 0 bridgehead atoms. The molecule has 0 aliphatic carbocycles. The number of hydrogen-bond donors (Lipinski definition) is 0. The van der Waals surface area contributed by atoms with E-state index in [1.54, 1.807) is 23.4 Å². The normalized spacial score (nSPS) is 20.7. The van der Waals surface area contributed by atoms with Gasteiger partial charge in [0.1, 0.15) is 23.0 Å². The topological polar surface area (TPSA) is 138 Å². The SMILES string of the molecule is COc1ccc(-c2nc(N3C=C4CN(C(=O)OC(C)(C)C)CC4C3)nc3c2ncn3C2CCCCO2)cc1[N+](=O)[O-]. The maximum Gasteiger partial charge on any atom is 0.410 e. The van der Waals surface area contributed by atoms with Crippen LogP contribution in [0, 0.1) is 16.0 Å². The lowest BCUT2D eigenvalue weighted by molar-refractivity contribution is -0.385. The van der Waals surface area contributed by atoms with Crippen molar-refractivity contribution in [1.82, 2.24) is 24.4 Å². The van der Waals surface area contributed by atoms with Crippen molar-refractivity contribution in [3.63, 3.8) is 0 Å². The van der Waals surface area contributed by atoms with Gasteiger partial charge in [-0.25, -0.2) is 14.8 Å². The molecule has 13 heteroatoms. The van der Waals surface area contributed by atoms with Gasteiger partial charge in [0.05, 0.1) is 18.4 Å². The van der Waals surface area contributed by atoms with E-state index in [-0.39, 0.29) is 29.7 Å². The summed E-state index contributed by atoms with van der Waals surface area (Å²) in [5, 5.41) is 11.8. The number of anilines is 1. The number of amides is 1. The molecule has 2 aromatic heterocycles. The lowest BCUT2D eigenvalue weighted by Gasteiger charge is -2.25. The van der Waals surface area contributed by atoms with Crippen LogP contribution in [-0.2, 0) is 9.47 Å². The third-order valence-electron chi connectivity index (χ3n) is 7.51. The van der Waals surface area contributed by atoms with Gasteiger partial charge >= 0.3 is 11.8 Å². The first-order valence-electron chi connectivity index (χ1n) is 13.8. The summed E-state index contributed by atoms with van der Waals surface area (Å²) in [7, 11) is 1.40. The first-order valence-corrected chi connectivity index (χ1v) is 13.8. The van der Waals surface area contributed by atoms with Gasteiger partial charge < -0.3 is 24.0 Å². The average molecular weight is 564 g/mol. The second kappa shape index (κ2) is 10.3. The Bertz CT molecular complexity index is 1540. The molecule has 2 saturated heterocycles. The summed E-state index contributed by atoms with van der Waals surface area (Å²) < 4.78 is 18.7. The molecule has 6 rings (SSSR count). The van der Waals surface area contributed by atoms with Crippen LogP contribution in [0.3, 0.4) is 0 Å². The van der Waals surface area contributed by atoms with Gasteiger partial charge in [-0.05, 0) is 57.7 Å². The van der Waals surface area contributed by atoms with Crippen LogP contribution < -0.4 is 9.64 Å².